The molecule has 1 heterocycles. The third-order valence-electron chi connectivity index (χ3n) is 1.59. The summed E-state index contributed by atoms with van der Waals surface area (Å²) >= 11 is 0. The van der Waals surface area contributed by atoms with Gasteiger partial charge in [0.05, 0.1) is 19.3 Å². The molecule has 0 bridgehead atoms. The molecule has 0 spiro atoms. The lowest BCUT2D eigenvalue weighted by Crippen LogP contribution is -2.20. The number of aliphatic hydroxyl groups excluding tert-OH is 2. The smallest absolute Gasteiger partial charge is 0.148 e. The molecule has 1 rings (SSSR count). The average Bonchev–Trinajstić information content (AvgIpc) is 2.31. The first-order valence-corrected chi connectivity index (χ1v) is 3.72. The molecule has 0 saturated carbocycles. The molecule has 1 atom stereocenters. The van der Waals surface area contributed by atoms with Crippen molar-refractivity contribution in [2.45, 2.75) is 19.6 Å². The Labute approximate surface area is 70.4 Å². The van der Waals surface area contributed by atoms with Gasteiger partial charge in [-0.25, -0.2) is 0 Å². The quantitative estimate of drug-likeness (QED) is 0.551. The van der Waals surface area contributed by atoms with Crippen molar-refractivity contribution in [2.75, 3.05) is 12.3 Å². The van der Waals surface area contributed by atoms with Crippen LogP contribution in [0.25, 0.3) is 0 Å². The van der Waals surface area contributed by atoms with Gasteiger partial charge in [-0.2, -0.15) is 5.10 Å². The summed E-state index contributed by atoms with van der Waals surface area (Å²) < 4.78 is 1.52. The summed E-state index contributed by atoms with van der Waals surface area (Å²) in [7, 11) is 0. The zero-order chi connectivity index (χ0) is 9.14. The summed E-state index contributed by atoms with van der Waals surface area (Å²) in [4.78, 5) is 0. The lowest BCUT2D eigenvalue weighted by molar-refractivity contribution is 0.0783. The SMILES string of the molecule is Cc1cn(CC(O)CO)nc1N. The number of aliphatic hydroxyl groups is 2. The summed E-state index contributed by atoms with van der Waals surface area (Å²) in [5.41, 5.74) is 6.36. The summed E-state index contributed by atoms with van der Waals surface area (Å²) in [6.45, 7) is 1.84. The van der Waals surface area contributed by atoms with E-state index in [1.54, 1.807) is 6.20 Å². The number of aryl methyl sites for hydroxylation is 1. The van der Waals surface area contributed by atoms with Gasteiger partial charge in [0.25, 0.3) is 0 Å². The minimum absolute atomic E-state index is 0.265. The van der Waals surface area contributed by atoms with Gasteiger partial charge in [0.2, 0.25) is 0 Å². The molecule has 0 radical (unpaired) electrons. The maximum absolute atomic E-state index is 9.06. The van der Waals surface area contributed by atoms with E-state index in [2.05, 4.69) is 5.10 Å². The fraction of sp³-hybridized carbons (Fsp3) is 0.571. The topological polar surface area (TPSA) is 84.3 Å². The van der Waals surface area contributed by atoms with Crippen LogP contribution in [0.1, 0.15) is 5.56 Å². The highest BCUT2D eigenvalue weighted by Gasteiger charge is 2.05. The van der Waals surface area contributed by atoms with Crippen LogP contribution >= 0.6 is 0 Å². The van der Waals surface area contributed by atoms with Crippen LogP contribution in [0.3, 0.4) is 0 Å². The molecule has 4 N–H and O–H groups in total. The van der Waals surface area contributed by atoms with Crippen molar-refractivity contribution in [3.05, 3.63) is 11.8 Å². The molecular formula is C7H13N3O2. The first-order valence-electron chi connectivity index (χ1n) is 3.72. The van der Waals surface area contributed by atoms with E-state index in [9.17, 15) is 0 Å². The minimum Gasteiger partial charge on any atom is -0.394 e. The standard InChI is InChI=1S/C7H13N3O2/c1-5-2-10(9-7(5)8)3-6(12)4-11/h2,6,11-12H,3-4H2,1H3,(H2,8,9). The number of hydrogen-bond acceptors (Lipinski definition) is 4. The van der Waals surface area contributed by atoms with Crippen LogP contribution < -0.4 is 5.73 Å². The zero-order valence-corrected chi connectivity index (χ0v) is 6.94. The average molecular weight is 171 g/mol. The molecule has 0 aliphatic rings. The Morgan fingerprint density at radius 2 is 2.42 bits per heavy atom. The van der Waals surface area contributed by atoms with E-state index in [0.717, 1.165) is 5.56 Å². The van der Waals surface area contributed by atoms with Crippen molar-refractivity contribution < 1.29 is 10.2 Å². The number of anilines is 1. The van der Waals surface area contributed by atoms with Crippen molar-refractivity contribution in [2.24, 2.45) is 0 Å². The van der Waals surface area contributed by atoms with Crippen molar-refractivity contribution in [3.63, 3.8) is 0 Å². The van der Waals surface area contributed by atoms with E-state index in [1.165, 1.54) is 4.68 Å². The van der Waals surface area contributed by atoms with Gasteiger partial charge in [0.15, 0.2) is 0 Å². The molecule has 12 heavy (non-hydrogen) atoms. The van der Waals surface area contributed by atoms with Crippen molar-refractivity contribution in [1.82, 2.24) is 9.78 Å². The van der Waals surface area contributed by atoms with Gasteiger partial charge in [0.1, 0.15) is 5.82 Å². The summed E-state index contributed by atoms with van der Waals surface area (Å²) in [5, 5.41) is 21.5. The van der Waals surface area contributed by atoms with E-state index in [0.29, 0.717) is 5.82 Å². The lowest BCUT2D eigenvalue weighted by Gasteiger charge is -2.05. The Kier molecular flexibility index (Phi) is 2.67. The number of nitrogens with two attached hydrogens (primary N) is 1. The highest BCUT2D eigenvalue weighted by molar-refractivity contribution is 5.35. The first kappa shape index (κ1) is 9.02. The van der Waals surface area contributed by atoms with Crippen molar-refractivity contribution in [1.29, 1.82) is 0 Å². The predicted octanol–water partition coefficient (Wildman–Crippen LogP) is -0.873. The van der Waals surface area contributed by atoms with Crippen LogP contribution in [0, 0.1) is 6.92 Å². The van der Waals surface area contributed by atoms with Crippen molar-refractivity contribution in [3.8, 4) is 0 Å². The molecule has 0 saturated heterocycles. The molecule has 0 amide bonds. The zero-order valence-electron chi connectivity index (χ0n) is 6.94. The monoisotopic (exact) mass is 171 g/mol. The Bertz CT molecular complexity index is 240. The Morgan fingerprint density at radius 3 is 2.83 bits per heavy atom. The van der Waals surface area contributed by atoms with E-state index in [4.69, 9.17) is 15.9 Å². The van der Waals surface area contributed by atoms with Gasteiger partial charge in [-0.05, 0) is 6.92 Å². The number of hydrogen-bond donors (Lipinski definition) is 3. The maximum Gasteiger partial charge on any atom is 0.148 e. The fourth-order valence-electron chi connectivity index (χ4n) is 0.903. The molecule has 1 aromatic rings. The third kappa shape index (κ3) is 1.96. The molecule has 0 aromatic carbocycles. The molecule has 68 valence electrons. The summed E-state index contributed by atoms with van der Waals surface area (Å²) in [6, 6.07) is 0. The largest absolute Gasteiger partial charge is 0.394 e. The maximum atomic E-state index is 9.06. The van der Waals surface area contributed by atoms with E-state index in [-0.39, 0.29) is 13.2 Å². The van der Waals surface area contributed by atoms with Gasteiger partial charge in [-0.1, -0.05) is 0 Å². The van der Waals surface area contributed by atoms with Gasteiger partial charge < -0.3 is 15.9 Å². The van der Waals surface area contributed by atoms with Crippen LogP contribution in [-0.2, 0) is 6.54 Å². The minimum atomic E-state index is -0.774. The highest BCUT2D eigenvalue weighted by atomic mass is 16.3. The molecular weight excluding hydrogens is 158 g/mol. The van der Waals surface area contributed by atoms with Gasteiger partial charge in [0, 0.05) is 11.8 Å². The molecule has 5 heteroatoms. The van der Waals surface area contributed by atoms with Crippen LogP contribution in [0.2, 0.25) is 0 Å². The Morgan fingerprint density at radius 1 is 1.75 bits per heavy atom. The predicted molar refractivity (Wildman–Crippen MR) is 44.5 cm³/mol. The van der Waals surface area contributed by atoms with Crippen LogP contribution in [0.5, 0.6) is 0 Å². The Balaban J connectivity index is 2.64. The molecule has 1 unspecified atom stereocenters. The molecule has 0 aliphatic carbocycles. The second-order valence-corrected chi connectivity index (χ2v) is 2.76. The van der Waals surface area contributed by atoms with Gasteiger partial charge in [-0.15, -0.1) is 0 Å². The molecule has 0 aliphatic heterocycles. The normalized spacial score (nSPS) is 13.2. The Hall–Kier alpha value is -1.07. The number of rotatable bonds is 3. The van der Waals surface area contributed by atoms with Gasteiger partial charge in [-0.3, -0.25) is 4.68 Å². The second kappa shape index (κ2) is 3.55. The first-order chi connectivity index (χ1) is 5.63. The van der Waals surface area contributed by atoms with Crippen LogP contribution in [0.4, 0.5) is 5.82 Å². The number of aromatic nitrogens is 2. The fourth-order valence-corrected chi connectivity index (χ4v) is 0.903. The summed E-state index contributed by atoms with van der Waals surface area (Å²) in [5.74, 6) is 0.458. The van der Waals surface area contributed by atoms with E-state index in [1.807, 2.05) is 6.92 Å². The lowest BCUT2D eigenvalue weighted by atomic mass is 10.3. The van der Waals surface area contributed by atoms with Gasteiger partial charge >= 0.3 is 0 Å². The van der Waals surface area contributed by atoms with E-state index < -0.39 is 6.10 Å². The second-order valence-electron chi connectivity index (χ2n) is 2.76. The van der Waals surface area contributed by atoms with E-state index >= 15 is 0 Å². The van der Waals surface area contributed by atoms with Crippen LogP contribution in [0.15, 0.2) is 6.20 Å². The molecule has 1 aromatic heterocycles. The number of nitrogens with zero attached hydrogens (tertiary/aromatic N) is 2. The van der Waals surface area contributed by atoms with Crippen LogP contribution in [-0.4, -0.2) is 32.7 Å². The third-order valence-corrected chi connectivity index (χ3v) is 1.59. The number of nitrogen functional groups attached to an aromatic ring is 1. The molecule has 0 fully saturated rings. The highest BCUT2D eigenvalue weighted by Crippen LogP contribution is 2.06. The van der Waals surface area contributed by atoms with Crippen molar-refractivity contribution >= 4 is 5.82 Å². The summed E-state index contributed by atoms with van der Waals surface area (Å²) in [6.07, 6.45) is 0.956. The molecule has 5 nitrogen and oxygen atoms in total.